The molecular weight excluding hydrogens is 256 g/mol. The van der Waals surface area contributed by atoms with Gasteiger partial charge in [0.15, 0.2) is 11.5 Å². The summed E-state index contributed by atoms with van der Waals surface area (Å²) in [4.78, 5) is 10.5. The largest absolute Gasteiger partial charge is 0.490 e. The summed E-state index contributed by atoms with van der Waals surface area (Å²) in [5, 5.41) is 8.61. The van der Waals surface area contributed by atoms with E-state index in [0.29, 0.717) is 31.1 Å². The van der Waals surface area contributed by atoms with E-state index in [1.807, 2.05) is 6.92 Å². The maximum absolute atomic E-state index is 10.5. The molecule has 1 rings (SSSR count). The summed E-state index contributed by atoms with van der Waals surface area (Å²) in [6.45, 7) is 4.67. The lowest BCUT2D eigenvalue weighted by Gasteiger charge is -2.11. The number of hydrogen-bond acceptors (Lipinski definition) is 3. The summed E-state index contributed by atoms with van der Waals surface area (Å²) >= 11 is 0. The van der Waals surface area contributed by atoms with Crippen molar-refractivity contribution in [2.75, 3.05) is 13.2 Å². The highest BCUT2D eigenvalue weighted by atomic mass is 16.5. The molecule has 0 aliphatic heterocycles. The number of carbonyl (C=O) groups is 1. The summed E-state index contributed by atoms with van der Waals surface area (Å²) in [6.07, 6.45) is 3.25. The van der Waals surface area contributed by atoms with Gasteiger partial charge in [-0.25, -0.2) is 4.79 Å². The van der Waals surface area contributed by atoms with Gasteiger partial charge in [0.1, 0.15) is 0 Å². The molecule has 1 N–H and O–H groups in total. The molecule has 0 saturated carbocycles. The standard InChI is InChI=1S/C16H18O4/c1-3-5-6-11-20-14-9-7-13(8-10-16(17)18)12-15(14)19-4-2/h7-10,12H,4,6,11H2,1-2H3,(H,17,18)/b10-8+. The number of rotatable bonds is 7. The van der Waals surface area contributed by atoms with Gasteiger partial charge in [-0.1, -0.05) is 6.07 Å². The molecule has 0 fully saturated rings. The van der Waals surface area contributed by atoms with E-state index in [2.05, 4.69) is 11.8 Å². The van der Waals surface area contributed by atoms with Crippen LogP contribution in [0, 0.1) is 11.8 Å². The van der Waals surface area contributed by atoms with E-state index in [1.54, 1.807) is 25.1 Å². The summed E-state index contributed by atoms with van der Waals surface area (Å²) in [5.74, 6) is 5.98. The van der Waals surface area contributed by atoms with Crippen molar-refractivity contribution in [3.63, 3.8) is 0 Å². The van der Waals surface area contributed by atoms with E-state index in [0.717, 1.165) is 11.6 Å². The van der Waals surface area contributed by atoms with Crippen molar-refractivity contribution in [1.82, 2.24) is 0 Å². The molecule has 0 unspecified atom stereocenters. The van der Waals surface area contributed by atoms with Crippen LogP contribution in [0.2, 0.25) is 0 Å². The van der Waals surface area contributed by atoms with E-state index < -0.39 is 5.97 Å². The van der Waals surface area contributed by atoms with Gasteiger partial charge in [0.2, 0.25) is 0 Å². The Kier molecular flexibility index (Phi) is 6.77. The Balaban J connectivity index is 2.82. The molecule has 0 aliphatic rings. The highest BCUT2D eigenvalue weighted by Crippen LogP contribution is 2.29. The van der Waals surface area contributed by atoms with Gasteiger partial charge < -0.3 is 14.6 Å². The van der Waals surface area contributed by atoms with Gasteiger partial charge in [0, 0.05) is 12.5 Å². The predicted octanol–water partition coefficient (Wildman–Crippen LogP) is 2.98. The maximum Gasteiger partial charge on any atom is 0.328 e. The predicted molar refractivity (Wildman–Crippen MR) is 77.8 cm³/mol. The molecule has 0 amide bonds. The van der Waals surface area contributed by atoms with Crippen LogP contribution in [0.1, 0.15) is 25.8 Å². The lowest BCUT2D eigenvalue weighted by Crippen LogP contribution is -2.00. The number of carboxylic acids is 1. The molecule has 0 atom stereocenters. The van der Waals surface area contributed by atoms with Crippen LogP contribution in [0.5, 0.6) is 11.5 Å². The molecule has 0 spiro atoms. The van der Waals surface area contributed by atoms with Gasteiger partial charge >= 0.3 is 5.97 Å². The van der Waals surface area contributed by atoms with Crippen LogP contribution in [0.3, 0.4) is 0 Å². The third-order valence-electron chi connectivity index (χ3n) is 2.35. The molecule has 20 heavy (non-hydrogen) atoms. The van der Waals surface area contributed by atoms with Crippen LogP contribution in [0.15, 0.2) is 24.3 Å². The number of aliphatic carboxylic acids is 1. The topological polar surface area (TPSA) is 55.8 Å². The maximum atomic E-state index is 10.5. The first kappa shape index (κ1) is 15.6. The monoisotopic (exact) mass is 274 g/mol. The van der Waals surface area contributed by atoms with Gasteiger partial charge in [0.25, 0.3) is 0 Å². The minimum absolute atomic E-state index is 0.491. The van der Waals surface area contributed by atoms with Gasteiger partial charge in [-0.3, -0.25) is 0 Å². The molecule has 0 aromatic heterocycles. The quantitative estimate of drug-likeness (QED) is 0.472. The van der Waals surface area contributed by atoms with Gasteiger partial charge in [-0.05, 0) is 37.6 Å². The first-order valence-corrected chi connectivity index (χ1v) is 6.37. The van der Waals surface area contributed by atoms with Crippen LogP contribution in [0.4, 0.5) is 0 Å². The fourth-order valence-electron chi connectivity index (χ4n) is 1.52. The lowest BCUT2D eigenvalue weighted by molar-refractivity contribution is -0.131. The molecule has 0 bridgehead atoms. The van der Waals surface area contributed by atoms with Crippen LogP contribution in [-0.2, 0) is 4.79 Å². The van der Waals surface area contributed by atoms with E-state index >= 15 is 0 Å². The SMILES string of the molecule is CC#CCCOc1ccc(/C=C/C(=O)O)cc1OCC. The first-order chi connectivity index (χ1) is 9.67. The molecule has 0 heterocycles. The zero-order chi connectivity index (χ0) is 14.8. The highest BCUT2D eigenvalue weighted by Gasteiger charge is 2.05. The minimum Gasteiger partial charge on any atom is -0.490 e. The van der Waals surface area contributed by atoms with E-state index in [9.17, 15) is 4.79 Å². The van der Waals surface area contributed by atoms with Crippen molar-refractivity contribution < 1.29 is 19.4 Å². The Labute approximate surface area is 119 Å². The van der Waals surface area contributed by atoms with E-state index in [1.165, 1.54) is 6.08 Å². The van der Waals surface area contributed by atoms with Crippen molar-refractivity contribution in [3.05, 3.63) is 29.8 Å². The Bertz CT molecular complexity index is 535. The fraction of sp³-hybridized carbons (Fsp3) is 0.312. The Morgan fingerprint density at radius 3 is 2.80 bits per heavy atom. The van der Waals surface area contributed by atoms with Crippen molar-refractivity contribution in [3.8, 4) is 23.3 Å². The average Bonchev–Trinajstić information content (AvgIpc) is 2.43. The highest BCUT2D eigenvalue weighted by molar-refractivity contribution is 5.85. The smallest absolute Gasteiger partial charge is 0.328 e. The number of ether oxygens (including phenoxy) is 2. The molecule has 0 radical (unpaired) electrons. The zero-order valence-electron chi connectivity index (χ0n) is 11.7. The third kappa shape index (κ3) is 5.49. The molecular formula is C16H18O4. The molecule has 1 aromatic carbocycles. The lowest BCUT2D eigenvalue weighted by atomic mass is 10.2. The van der Waals surface area contributed by atoms with Crippen molar-refractivity contribution in [2.24, 2.45) is 0 Å². The Morgan fingerprint density at radius 1 is 1.35 bits per heavy atom. The number of hydrogen-bond donors (Lipinski definition) is 1. The van der Waals surface area contributed by atoms with E-state index in [4.69, 9.17) is 14.6 Å². The zero-order valence-corrected chi connectivity index (χ0v) is 11.7. The summed E-state index contributed by atoms with van der Waals surface area (Å²) in [6, 6.07) is 5.30. The third-order valence-corrected chi connectivity index (χ3v) is 2.35. The van der Waals surface area contributed by atoms with Crippen molar-refractivity contribution in [2.45, 2.75) is 20.3 Å². The van der Waals surface area contributed by atoms with Crippen LogP contribution < -0.4 is 9.47 Å². The Morgan fingerprint density at radius 2 is 2.15 bits per heavy atom. The molecule has 0 aliphatic carbocycles. The first-order valence-electron chi connectivity index (χ1n) is 6.37. The molecule has 4 heteroatoms. The fourth-order valence-corrected chi connectivity index (χ4v) is 1.52. The Hall–Kier alpha value is -2.41. The second kappa shape index (κ2) is 8.65. The second-order valence-electron chi connectivity index (χ2n) is 3.84. The van der Waals surface area contributed by atoms with Crippen LogP contribution >= 0.6 is 0 Å². The van der Waals surface area contributed by atoms with Crippen LogP contribution in [-0.4, -0.2) is 24.3 Å². The summed E-state index contributed by atoms with van der Waals surface area (Å²) in [7, 11) is 0. The molecule has 1 aromatic rings. The summed E-state index contributed by atoms with van der Waals surface area (Å²) < 4.78 is 11.1. The molecule has 4 nitrogen and oxygen atoms in total. The molecule has 0 saturated heterocycles. The normalized spacial score (nSPS) is 9.90. The second-order valence-corrected chi connectivity index (χ2v) is 3.84. The van der Waals surface area contributed by atoms with Crippen molar-refractivity contribution in [1.29, 1.82) is 0 Å². The van der Waals surface area contributed by atoms with Gasteiger partial charge in [-0.15, -0.1) is 11.8 Å². The average molecular weight is 274 g/mol. The van der Waals surface area contributed by atoms with Crippen molar-refractivity contribution >= 4 is 12.0 Å². The van der Waals surface area contributed by atoms with Gasteiger partial charge in [-0.2, -0.15) is 0 Å². The van der Waals surface area contributed by atoms with E-state index in [-0.39, 0.29) is 0 Å². The minimum atomic E-state index is -0.985. The van der Waals surface area contributed by atoms with Crippen LogP contribution in [0.25, 0.3) is 6.08 Å². The summed E-state index contributed by atoms with van der Waals surface area (Å²) in [5.41, 5.74) is 0.747. The molecule has 106 valence electrons. The van der Waals surface area contributed by atoms with Gasteiger partial charge in [0.05, 0.1) is 13.2 Å². The number of carboxylic acid groups (broad SMARTS) is 1. The number of benzene rings is 1.